The van der Waals surface area contributed by atoms with Gasteiger partial charge in [-0.1, -0.05) is 67.8 Å². The second kappa shape index (κ2) is 9.48. The van der Waals surface area contributed by atoms with Crippen molar-refractivity contribution in [1.82, 2.24) is 15.2 Å². The van der Waals surface area contributed by atoms with E-state index in [4.69, 9.17) is 4.98 Å². The fraction of sp³-hybridized carbons (Fsp3) is 0.370. The SMILES string of the molecule is O=C(CC1(N2Cc3ccccc3C2=O)CCCCC1)NCCc1nc(-c2ccccc2)cs1. The first-order valence-corrected chi connectivity index (χ1v) is 12.7. The van der Waals surface area contributed by atoms with Gasteiger partial charge in [-0.15, -0.1) is 11.3 Å². The Hall–Kier alpha value is -2.99. The van der Waals surface area contributed by atoms with E-state index in [0.29, 0.717) is 25.9 Å². The highest BCUT2D eigenvalue weighted by Crippen LogP contribution is 2.41. The van der Waals surface area contributed by atoms with Crippen LogP contribution in [0.5, 0.6) is 0 Å². The molecule has 1 aliphatic carbocycles. The van der Waals surface area contributed by atoms with Crippen LogP contribution >= 0.6 is 11.3 Å². The van der Waals surface area contributed by atoms with Crippen molar-refractivity contribution in [3.63, 3.8) is 0 Å². The number of aromatic nitrogens is 1. The largest absolute Gasteiger partial charge is 0.356 e. The fourth-order valence-electron chi connectivity index (χ4n) is 5.23. The summed E-state index contributed by atoms with van der Waals surface area (Å²) in [5.74, 6) is 0.108. The van der Waals surface area contributed by atoms with E-state index in [1.54, 1.807) is 11.3 Å². The molecule has 5 nitrogen and oxygen atoms in total. The van der Waals surface area contributed by atoms with Crippen molar-refractivity contribution in [3.8, 4) is 11.3 Å². The van der Waals surface area contributed by atoms with Crippen LogP contribution in [-0.4, -0.2) is 33.8 Å². The standard InChI is InChI=1S/C27H29N3O2S/c31-24(28-16-13-25-29-23(19-33-25)20-9-3-1-4-10-20)17-27(14-7-2-8-15-27)30-18-21-11-5-6-12-22(21)26(30)32/h1,3-6,9-12,19H,2,7-8,13-18H2,(H,28,31). The van der Waals surface area contributed by atoms with Crippen molar-refractivity contribution < 1.29 is 9.59 Å². The Labute approximate surface area is 198 Å². The Morgan fingerprint density at radius 1 is 1.03 bits per heavy atom. The van der Waals surface area contributed by atoms with E-state index in [9.17, 15) is 9.59 Å². The van der Waals surface area contributed by atoms with Crippen LogP contribution in [0.25, 0.3) is 11.3 Å². The molecule has 1 N–H and O–H groups in total. The van der Waals surface area contributed by atoms with Gasteiger partial charge in [-0.05, 0) is 24.5 Å². The van der Waals surface area contributed by atoms with Crippen LogP contribution in [0.2, 0.25) is 0 Å². The first-order valence-electron chi connectivity index (χ1n) is 11.8. The molecule has 2 heterocycles. The number of amides is 2. The highest BCUT2D eigenvalue weighted by Gasteiger charge is 2.45. The van der Waals surface area contributed by atoms with Crippen molar-refractivity contribution in [1.29, 1.82) is 0 Å². The van der Waals surface area contributed by atoms with Gasteiger partial charge in [0.2, 0.25) is 5.91 Å². The summed E-state index contributed by atoms with van der Waals surface area (Å²) in [5.41, 5.74) is 3.58. The van der Waals surface area contributed by atoms with Gasteiger partial charge in [0.15, 0.2) is 0 Å². The third-order valence-corrected chi connectivity index (χ3v) is 7.86. The van der Waals surface area contributed by atoms with Crippen LogP contribution in [0.3, 0.4) is 0 Å². The molecule has 0 spiro atoms. The van der Waals surface area contributed by atoms with Gasteiger partial charge in [0, 0.05) is 42.4 Å². The van der Waals surface area contributed by atoms with E-state index in [2.05, 4.69) is 22.8 Å². The minimum Gasteiger partial charge on any atom is -0.356 e. The van der Waals surface area contributed by atoms with E-state index < -0.39 is 0 Å². The molecular formula is C27H29N3O2S. The molecule has 1 aromatic heterocycles. The summed E-state index contributed by atoms with van der Waals surface area (Å²) >= 11 is 1.63. The molecule has 0 atom stereocenters. The first-order chi connectivity index (χ1) is 16.1. The molecule has 0 bridgehead atoms. The van der Waals surface area contributed by atoms with Crippen LogP contribution in [0.4, 0.5) is 0 Å². The number of nitrogens with one attached hydrogen (secondary N) is 1. The molecule has 2 amide bonds. The minimum absolute atomic E-state index is 0.0282. The summed E-state index contributed by atoms with van der Waals surface area (Å²) in [6.45, 7) is 1.18. The van der Waals surface area contributed by atoms with Gasteiger partial charge in [-0.3, -0.25) is 9.59 Å². The topological polar surface area (TPSA) is 62.3 Å². The lowest BCUT2D eigenvalue weighted by atomic mass is 9.77. The molecule has 5 rings (SSSR count). The second-order valence-electron chi connectivity index (χ2n) is 9.10. The maximum atomic E-state index is 13.2. The molecule has 0 radical (unpaired) electrons. The Morgan fingerprint density at radius 2 is 1.79 bits per heavy atom. The molecule has 33 heavy (non-hydrogen) atoms. The number of fused-ring (bicyclic) bond motifs is 1. The lowest BCUT2D eigenvalue weighted by Gasteiger charge is -2.44. The second-order valence-corrected chi connectivity index (χ2v) is 10.0. The lowest BCUT2D eigenvalue weighted by Crippen LogP contribution is -2.52. The lowest BCUT2D eigenvalue weighted by molar-refractivity contribution is -0.124. The molecule has 1 aliphatic heterocycles. The smallest absolute Gasteiger partial charge is 0.254 e. The summed E-state index contributed by atoms with van der Waals surface area (Å²) in [7, 11) is 0. The zero-order valence-electron chi connectivity index (χ0n) is 18.8. The summed E-state index contributed by atoms with van der Waals surface area (Å²) in [4.78, 5) is 32.9. The van der Waals surface area contributed by atoms with Gasteiger partial charge in [-0.25, -0.2) is 4.98 Å². The summed E-state index contributed by atoms with van der Waals surface area (Å²) < 4.78 is 0. The van der Waals surface area contributed by atoms with E-state index >= 15 is 0 Å². The summed E-state index contributed by atoms with van der Waals surface area (Å²) in [6.07, 6.45) is 6.18. The molecule has 1 saturated carbocycles. The predicted molar refractivity (Wildman–Crippen MR) is 131 cm³/mol. The Balaban J connectivity index is 1.21. The maximum absolute atomic E-state index is 13.2. The van der Waals surface area contributed by atoms with Crippen molar-refractivity contribution in [2.75, 3.05) is 6.54 Å². The molecule has 170 valence electrons. The van der Waals surface area contributed by atoms with Crippen molar-refractivity contribution in [3.05, 3.63) is 76.1 Å². The Morgan fingerprint density at radius 3 is 2.58 bits per heavy atom. The van der Waals surface area contributed by atoms with Gasteiger partial charge < -0.3 is 10.2 Å². The molecule has 0 unspecified atom stereocenters. The van der Waals surface area contributed by atoms with Gasteiger partial charge in [0.1, 0.15) is 0 Å². The monoisotopic (exact) mass is 459 g/mol. The number of hydrogen-bond donors (Lipinski definition) is 1. The summed E-state index contributed by atoms with van der Waals surface area (Å²) in [6, 6.07) is 18.0. The normalized spacial score (nSPS) is 17.1. The number of carbonyl (C=O) groups excluding carboxylic acids is 2. The van der Waals surface area contributed by atoms with Crippen LogP contribution in [0.1, 0.15) is 59.5 Å². The van der Waals surface area contributed by atoms with E-state index in [0.717, 1.165) is 53.1 Å². The van der Waals surface area contributed by atoms with Gasteiger partial charge in [-0.2, -0.15) is 0 Å². The highest BCUT2D eigenvalue weighted by atomic mass is 32.1. The van der Waals surface area contributed by atoms with Crippen LogP contribution in [-0.2, 0) is 17.8 Å². The van der Waals surface area contributed by atoms with Gasteiger partial charge in [0.25, 0.3) is 5.91 Å². The zero-order valence-corrected chi connectivity index (χ0v) is 19.6. The number of hydrogen-bond acceptors (Lipinski definition) is 4. The molecule has 1 fully saturated rings. The summed E-state index contributed by atoms with van der Waals surface area (Å²) in [5, 5.41) is 6.19. The number of nitrogens with zero attached hydrogens (tertiary/aromatic N) is 2. The molecular weight excluding hydrogens is 430 g/mol. The van der Waals surface area contributed by atoms with Gasteiger partial charge >= 0.3 is 0 Å². The molecule has 2 aromatic carbocycles. The molecule has 2 aliphatic rings. The van der Waals surface area contributed by atoms with Crippen LogP contribution in [0, 0.1) is 0 Å². The number of carbonyl (C=O) groups is 2. The van der Waals surface area contributed by atoms with E-state index in [-0.39, 0.29) is 17.4 Å². The first kappa shape index (κ1) is 21.8. The molecule has 3 aromatic rings. The quantitative estimate of drug-likeness (QED) is 0.527. The molecule has 0 saturated heterocycles. The zero-order chi connectivity index (χ0) is 22.7. The Kier molecular flexibility index (Phi) is 6.27. The highest BCUT2D eigenvalue weighted by molar-refractivity contribution is 7.09. The van der Waals surface area contributed by atoms with Crippen molar-refractivity contribution >= 4 is 23.2 Å². The average Bonchev–Trinajstić information content (AvgIpc) is 3.46. The third-order valence-electron chi connectivity index (χ3n) is 6.95. The van der Waals surface area contributed by atoms with Crippen molar-refractivity contribution in [2.24, 2.45) is 0 Å². The minimum atomic E-state index is -0.375. The number of benzene rings is 2. The van der Waals surface area contributed by atoms with Crippen LogP contribution < -0.4 is 5.32 Å². The van der Waals surface area contributed by atoms with Crippen molar-refractivity contribution in [2.45, 2.75) is 57.0 Å². The van der Waals surface area contributed by atoms with E-state index in [1.807, 2.05) is 47.4 Å². The fourth-order valence-corrected chi connectivity index (χ4v) is 6.03. The number of rotatable bonds is 7. The van der Waals surface area contributed by atoms with E-state index in [1.165, 1.54) is 6.42 Å². The van der Waals surface area contributed by atoms with Gasteiger partial charge in [0.05, 0.1) is 16.2 Å². The third kappa shape index (κ3) is 4.58. The maximum Gasteiger partial charge on any atom is 0.254 e. The predicted octanol–water partition coefficient (Wildman–Crippen LogP) is 5.22. The van der Waals surface area contributed by atoms with Crippen LogP contribution in [0.15, 0.2) is 60.0 Å². The Bertz CT molecular complexity index is 1140. The number of thiazole rings is 1. The average molecular weight is 460 g/mol. The molecule has 6 heteroatoms.